The van der Waals surface area contributed by atoms with E-state index < -0.39 is 0 Å². The molecule has 0 bridgehead atoms. The lowest BCUT2D eigenvalue weighted by atomic mass is 10.1. The van der Waals surface area contributed by atoms with Gasteiger partial charge in [0.15, 0.2) is 0 Å². The first-order valence-electron chi connectivity index (χ1n) is 13.9. The molecule has 0 atom stereocenters. The summed E-state index contributed by atoms with van der Waals surface area (Å²) in [7, 11) is 0. The van der Waals surface area contributed by atoms with Crippen molar-refractivity contribution in [3.8, 4) is 16.9 Å². The van der Waals surface area contributed by atoms with Gasteiger partial charge in [0, 0.05) is 50.6 Å². The summed E-state index contributed by atoms with van der Waals surface area (Å²) in [5.41, 5.74) is 9.09. The average Bonchev–Trinajstić information content (AvgIpc) is 3.70. The summed E-state index contributed by atoms with van der Waals surface area (Å²) >= 11 is 0. The second-order valence-corrected chi connectivity index (χ2v) is 10.6. The van der Waals surface area contributed by atoms with Gasteiger partial charge in [-0.05, 0) is 60.7 Å². The molecule has 0 radical (unpaired) electrons. The third-order valence-corrected chi connectivity index (χ3v) is 8.30. The highest BCUT2D eigenvalue weighted by Crippen LogP contribution is 2.39. The molecular weight excluding hydrogens is 500 g/mol. The maximum absolute atomic E-state index is 4.61. The van der Waals surface area contributed by atoms with Crippen molar-refractivity contribution in [3.05, 3.63) is 146 Å². The number of para-hydroxylation sites is 3. The summed E-state index contributed by atoms with van der Waals surface area (Å²) in [4.78, 5) is 4.61. The smallest absolute Gasteiger partial charge is 0.0737 e. The molecule has 0 aliphatic rings. The van der Waals surface area contributed by atoms with Crippen LogP contribution >= 0.6 is 0 Å². The van der Waals surface area contributed by atoms with Crippen LogP contribution < -0.4 is 0 Å². The molecule has 9 aromatic rings. The van der Waals surface area contributed by atoms with Crippen LogP contribution in [-0.2, 0) is 0 Å². The molecule has 41 heavy (non-hydrogen) atoms. The monoisotopic (exact) mass is 524 g/mol. The number of rotatable bonds is 3. The summed E-state index contributed by atoms with van der Waals surface area (Å²) in [5.74, 6) is 0. The minimum atomic E-state index is 0.970. The van der Waals surface area contributed by atoms with Gasteiger partial charge in [0.1, 0.15) is 0 Å². The van der Waals surface area contributed by atoms with Crippen molar-refractivity contribution in [2.75, 3.05) is 0 Å². The Balaban J connectivity index is 1.41. The standard InChI is InChI=1S/C37H24N4/c1-4-16-33-25(10-1)19-21-39(33)41-35-18-6-3-14-29(35)31-23-30-28-13-2-5-17-34(28)40(36(30)24-37(31)41)27-12-9-11-26(22-27)32-15-7-8-20-38-32/h1-24H. The lowest BCUT2D eigenvalue weighted by molar-refractivity contribution is 0.746. The molecule has 192 valence electrons. The molecule has 0 aliphatic carbocycles. The number of pyridine rings is 1. The van der Waals surface area contributed by atoms with E-state index in [2.05, 4.69) is 146 Å². The maximum atomic E-state index is 4.61. The zero-order chi connectivity index (χ0) is 26.9. The van der Waals surface area contributed by atoms with Crippen molar-refractivity contribution in [1.29, 1.82) is 0 Å². The van der Waals surface area contributed by atoms with E-state index in [-0.39, 0.29) is 0 Å². The first kappa shape index (κ1) is 22.2. The molecule has 4 heterocycles. The molecule has 0 N–H and O–H groups in total. The van der Waals surface area contributed by atoms with Gasteiger partial charge in [0.2, 0.25) is 0 Å². The zero-order valence-electron chi connectivity index (χ0n) is 22.1. The van der Waals surface area contributed by atoms with Crippen LogP contribution in [0.4, 0.5) is 0 Å². The van der Waals surface area contributed by atoms with Gasteiger partial charge in [-0.1, -0.05) is 72.8 Å². The fraction of sp³-hybridized carbons (Fsp3) is 0. The van der Waals surface area contributed by atoms with E-state index in [9.17, 15) is 0 Å². The number of hydrogen-bond donors (Lipinski definition) is 0. The van der Waals surface area contributed by atoms with E-state index in [1.54, 1.807) is 0 Å². The van der Waals surface area contributed by atoms with Crippen molar-refractivity contribution in [2.45, 2.75) is 0 Å². The Morgan fingerprint density at radius 1 is 0.463 bits per heavy atom. The summed E-state index contributed by atoms with van der Waals surface area (Å²) in [6.45, 7) is 0. The highest BCUT2D eigenvalue weighted by Gasteiger charge is 2.19. The molecule has 9 rings (SSSR count). The molecule has 0 saturated carbocycles. The lowest BCUT2D eigenvalue weighted by Crippen LogP contribution is -2.07. The highest BCUT2D eigenvalue weighted by atomic mass is 15.5. The summed E-state index contributed by atoms with van der Waals surface area (Å²) < 4.78 is 7.03. The predicted molar refractivity (Wildman–Crippen MR) is 170 cm³/mol. The van der Waals surface area contributed by atoms with E-state index in [0.29, 0.717) is 0 Å². The van der Waals surface area contributed by atoms with Gasteiger partial charge in [-0.15, -0.1) is 0 Å². The number of hydrogen-bond acceptors (Lipinski definition) is 1. The average molecular weight is 525 g/mol. The van der Waals surface area contributed by atoms with Crippen LogP contribution in [0.5, 0.6) is 0 Å². The van der Waals surface area contributed by atoms with Crippen LogP contribution in [0.1, 0.15) is 0 Å². The number of nitrogens with zero attached hydrogens (tertiary/aromatic N) is 4. The second kappa shape index (κ2) is 8.44. The zero-order valence-corrected chi connectivity index (χ0v) is 22.1. The number of benzene rings is 5. The Bertz CT molecular complexity index is 2420. The summed E-state index contributed by atoms with van der Waals surface area (Å²) in [6.07, 6.45) is 4.02. The van der Waals surface area contributed by atoms with Crippen molar-refractivity contribution in [1.82, 2.24) is 18.9 Å². The topological polar surface area (TPSA) is 27.7 Å². The SMILES string of the molecule is c1ccc(-c2cccc(-n3c4ccccc4c4cc5c6ccccc6n(-n6ccc7ccccc76)c5cc43)c2)nc1. The maximum Gasteiger partial charge on any atom is 0.0737 e. The van der Waals surface area contributed by atoms with Crippen LogP contribution in [0.25, 0.3) is 71.5 Å². The first-order chi connectivity index (χ1) is 20.3. The van der Waals surface area contributed by atoms with E-state index >= 15 is 0 Å². The Kier molecular flexibility index (Phi) is 4.58. The lowest BCUT2D eigenvalue weighted by Gasteiger charge is -2.12. The van der Waals surface area contributed by atoms with Crippen molar-refractivity contribution >= 4 is 54.5 Å². The van der Waals surface area contributed by atoms with Crippen LogP contribution in [0, 0.1) is 0 Å². The predicted octanol–water partition coefficient (Wildman–Crippen LogP) is 9.22. The highest BCUT2D eigenvalue weighted by molar-refractivity contribution is 6.18. The summed E-state index contributed by atoms with van der Waals surface area (Å²) in [5, 5.41) is 6.21. The molecule has 0 saturated heterocycles. The van der Waals surface area contributed by atoms with Gasteiger partial charge in [-0.2, -0.15) is 0 Å². The first-order valence-corrected chi connectivity index (χ1v) is 13.9. The normalized spacial score (nSPS) is 11.9. The Morgan fingerprint density at radius 2 is 1.20 bits per heavy atom. The van der Waals surface area contributed by atoms with E-state index in [0.717, 1.165) is 16.9 Å². The van der Waals surface area contributed by atoms with Crippen LogP contribution in [-0.4, -0.2) is 18.9 Å². The number of fused-ring (bicyclic) bond motifs is 7. The molecule has 5 aromatic carbocycles. The Morgan fingerprint density at radius 3 is 2.05 bits per heavy atom. The van der Waals surface area contributed by atoms with Crippen LogP contribution in [0.15, 0.2) is 146 Å². The molecule has 4 aromatic heterocycles. The fourth-order valence-corrected chi connectivity index (χ4v) is 6.50. The number of aromatic nitrogens is 4. The molecule has 0 unspecified atom stereocenters. The van der Waals surface area contributed by atoms with Crippen molar-refractivity contribution in [2.24, 2.45) is 0 Å². The molecule has 0 fully saturated rings. The molecule has 4 heteroatoms. The van der Waals surface area contributed by atoms with Gasteiger partial charge in [-0.3, -0.25) is 9.66 Å². The van der Waals surface area contributed by atoms with Crippen LogP contribution in [0.3, 0.4) is 0 Å². The van der Waals surface area contributed by atoms with Gasteiger partial charge in [0.05, 0.1) is 33.3 Å². The minimum absolute atomic E-state index is 0.970. The van der Waals surface area contributed by atoms with Crippen LogP contribution in [0.2, 0.25) is 0 Å². The third kappa shape index (κ3) is 3.19. The largest absolute Gasteiger partial charge is 0.309 e. The quantitative estimate of drug-likeness (QED) is 0.226. The molecule has 0 amide bonds. The van der Waals surface area contributed by atoms with E-state index in [1.165, 1.54) is 54.5 Å². The van der Waals surface area contributed by atoms with Gasteiger partial charge < -0.3 is 4.57 Å². The molecular formula is C37H24N4. The van der Waals surface area contributed by atoms with Gasteiger partial charge in [-0.25, -0.2) is 4.68 Å². The third-order valence-electron chi connectivity index (χ3n) is 8.30. The second-order valence-electron chi connectivity index (χ2n) is 10.6. The van der Waals surface area contributed by atoms with Crippen molar-refractivity contribution in [3.63, 3.8) is 0 Å². The molecule has 0 aliphatic heterocycles. The Hall–Kier alpha value is -5.61. The molecule has 4 nitrogen and oxygen atoms in total. The van der Waals surface area contributed by atoms with Gasteiger partial charge >= 0.3 is 0 Å². The van der Waals surface area contributed by atoms with E-state index in [4.69, 9.17) is 0 Å². The Labute approximate surface area is 235 Å². The minimum Gasteiger partial charge on any atom is -0.309 e. The molecule has 0 spiro atoms. The fourth-order valence-electron chi connectivity index (χ4n) is 6.50. The summed E-state index contributed by atoms with van der Waals surface area (Å²) in [6, 6.07) is 47.7. The van der Waals surface area contributed by atoms with Crippen molar-refractivity contribution < 1.29 is 0 Å². The van der Waals surface area contributed by atoms with Gasteiger partial charge in [0.25, 0.3) is 0 Å². The van der Waals surface area contributed by atoms with E-state index in [1.807, 2.05) is 18.3 Å².